The number of anilines is 1. The number of carbonyl (C=O) groups excluding carboxylic acids is 1. The van der Waals surface area contributed by atoms with Gasteiger partial charge in [0.25, 0.3) is 0 Å². The number of hydrogen-bond donors (Lipinski definition) is 1. The zero-order valence-corrected chi connectivity index (χ0v) is 16.8. The number of benzene rings is 1. The molecule has 0 saturated heterocycles. The molecule has 1 aromatic rings. The fourth-order valence-corrected chi connectivity index (χ4v) is 3.19. The Morgan fingerprint density at radius 3 is 2.28 bits per heavy atom. The van der Waals surface area contributed by atoms with Crippen molar-refractivity contribution in [2.75, 3.05) is 49.9 Å². The second kappa shape index (κ2) is 11.4. The van der Waals surface area contributed by atoms with Gasteiger partial charge in [-0.2, -0.15) is 0 Å². The smallest absolute Gasteiger partial charge is 0.239 e. The first-order valence-corrected chi connectivity index (χ1v) is 9.67. The Kier molecular flexibility index (Phi) is 10.0. The number of likely N-dealkylation sites (N-methyl/N-ethyl adjacent to an activating group) is 1. The lowest BCUT2D eigenvalue weighted by atomic mass is 10.0. The van der Waals surface area contributed by atoms with Crippen LogP contribution in [-0.2, 0) is 11.2 Å². The Morgan fingerprint density at radius 1 is 1.20 bits per heavy atom. The van der Waals surface area contributed by atoms with Crippen LogP contribution in [0.25, 0.3) is 0 Å². The number of nitrogens with two attached hydrogens (primary N) is 1. The molecule has 0 bridgehead atoms. The lowest BCUT2D eigenvalue weighted by molar-refractivity contribution is -0.132. The van der Waals surface area contributed by atoms with Crippen LogP contribution in [0.3, 0.4) is 0 Å². The molecule has 25 heavy (non-hydrogen) atoms. The molecule has 142 valence electrons. The summed E-state index contributed by atoms with van der Waals surface area (Å²) in [7, 11) is 1.63. The van der Waals surface area contributed by atoms with Gasteiger partial charge < -0.3 is 20.3 Å². The molecule has 0 unspecified atom stereocenters. The molecule has 1 aromatic carbocycles. The first kappa shape index (κ1) is 21.9. The van der Waals surface area contributed by atoms with E-state index in [0.29, 0.717) is 44.4 Å². The first-order valence-electron chi connectivity index (χ1n) is 8.60. The molecule has 0 saturated carbocycles. The average Bonchev–Trinajstić information content (AvgIpc) is 2.62. The molecule has 7 heteroatoms. The Labute approximate surface area is 161 Å². The normalized spacial score (nSPS) is 11.9. The minimum atomic E-state index is -0.560. The van der Waals surface area contributed by atoms with Gasteiger partial charge in [-0.25, -0.2) is 0 Å². The Morgan fingerprint density at radius 2 is 1.80 bits per heavy atom. The molecule has 1 atom stereocenters. The Bertz CT molecular complexity index is 533. The molecule has 0 radical (unpaired) electrons. The number of alkyl halides is 2. The molecule has 0 aromatic heterocycles. The van der Waals surface area contributed by atoms with Crippen molar-refractivity contribution >= 4 is 34.8 Å². The van der Waals surface area contributed by atoms with Crippen LogP contribution in [-0.4, -0.2) is 61.9 Å². The molecule has 0 spiro atoms. The first-order chi connectivity index (χ1) is 12.0. The fraction of sp³-hybridized carbons (Fsp3) is 0.611. The summed E-state index contributed by atoms with van der Waals surface area (Å²) < 4.78 is 5.47. The standard InChI is InChI=1S/C18H29Cl2N3O2/c1-4-22(5-2)18(24)15(21)12-14-6-7-17(25-3)16(13-14)23(10-8-19)11-9-20/h6-7,13,15H,4-5,8-12,21H2,1-3H3/t15-/m1/s1. The lowest BCUT2D eigenvalue weighted by Crippen LogP contribution is -2.44. The average molecular weight is 390 g/mol. The predicted molar refractivity (Wildman–Crippen MR) is 106 cm³/mol. The third-order valence-electron chi connectivity index (χ3n) is 4.14. The molecular weight excluding hydrogens is 361 g/mol. The van der Waals surface area contributed by atoms with Crippen molar-refractivity contribution in [3.05, 3.63) is 23.8 Å². The number of ether oxygens (including phenoxy) is 1. The Balaban J connectivity index is 3.01. The van der Waals surface area contributed by atoms with Gasteiger partial charge in [0.15, 0.2) is 0 Å². The van der Waals surface area contributed by atoms with E-state index in [0.717, 1.165) is 17.0 Å². The van der Waals surface area contributed by atoms with Gasteiger partial charge in [0, 0.05) is 37.9 Å². The zero-order chi connectivity index (χ0) is 18.8. The second-order valence-corrected chi connectivity index (χ2v) is 6.45. The SMILES string of the molecule is CCN(CC)C(=O)[C@H](N)Cc1ccc(OC)c(N(CCCl)CCCl)c1. The number of nitrogens with zero attached hydrogens (tertiary/aromatic N) is 2. The van der Waals surface area contributed by atoms with E-state index in [4.69, 9.17) is 33.7 Å². The molecule has 0 aliphatic carbocycles. The topological polar surface area (TPSA) is 58.8 Å². The highest BCUT2D eigenvalue weighted by atomic mass is 35.5. The van der Waals surface area contributed by atoms with Gasteiger partial charge in [-0.15, -0.1) is 23.2 Å². The van der Waals surface area contributed by atoms with E-state index in [1.807, 2.05) is 32.0 Å². The third-order valence-corrected chi connectivity index (χ3v) is 4.48. The maximum Gasteiger partial charge on any atom is 0.239 e. The van der Waals surface area contributed by atoms with E-state index in [2.05, 4.69) is 4.90 Å². The van der Waals surface area contributed by atoms with Crippen LogP contribution in [0.2, 0.25) is 0 Å². The highest BCUT2D eigenvalue weighted by molar-refractivity contribution is 6.18. The fourth-order valence-electron chi connectivity index (χ4n) is 2.78. The van der Waals surface area contributed by atoms with E-state index in [9.17, 15) is 4.79 Å². The number of methoxy groups -OCH3 is 1. The second-order valence-electron chi connectivity index (χ2n) is 5.69. The van der Waals surface area contributed by atoms with E-state index in [1.54, 1.807) is 12.0 Å². The number of rotatable bonds is 11. The predicted octanol–water partition coefficient (Wildman–Crippen LogP) is 2.72. The van der Waals surface area contributed by atoms with Gasteiger partial charge in [0.2, 0.25) is 5.91 Å². The zero-order valence-electron chi connectivity index (χ0n) is 15.3. The van der Waals surface area contributed by atoms with Crippen molar-refractivity contribution in [3.63, 3.8) is 0 Å². The largest absolute Gasteiger partial charge is 0.495 e. The van der Waals surface area contributed by atoms with Crippen molar-refractivity contribution < 1.29 is 9.53 Å². The number of amides is 1. The van der Waals surface area contributed by atoms with E-state index >= 15 is 0 Å². The molecule has 1 rings (SSSR count). The maximum absolute atomic E-state index is 12.4. The van der Waals surface area contributed by atoms with Crippen LogP contribution in [0, 0.1) is 0 Å². The molecule has 5 nitrogen and oxygen atoms in total. The Hall–Kier alpha value is -1.17. The van der Waals surface area contributed by atoms with Gasteiger partial charge >= 0.3 is 0 Å². The highest BCUT2D eigenvalue weighted by Gasteiger charge is 2.20. The van der Waals surface area contributed by atoms with Gasteiger partial charge in [0.05, 0.1) is 18.8 Å². The summed E-state index contributed by atoms with van der Waals surface area (Å²) in [6.45, 7) is 6.56. The summed E-state index contributed by atoms with van der Waals surface area (Å²) >= 11 is 11.8. The van der Waals surface area contributed by atoms with Crippen molar-refractivity contribution in [2.24, 2.45) is 5.73 Å². The van der Waals surface area contributed by atoms with Crippen LogP contribution in [0.15, 0.2) is 18.2 Å². The van der Waals surface area contributed by atoms with Crippen molar-refractivity contribution in [3.8, 4) is 5.75 Å². The van der Waals surface area contributed by atoms with Gasteiger partial charge in [-0.1, -0.05) is 6.07 Å². The maximum atomic E-state index is 12.4. The van der Waals surface area contributed by atoms with E-state index < -0.39 is 6.04 Å². The van der Waals surface area contributed by atoms with Crippen LogP contribution in [0.5, 0.6) is 5.75 Å². The van der Waals surface area contributed by atoms with Gasteiger partial charge in [-0.05, 0) is 38.0 Å². The van der Waals surface area contributed by atoms with Crippen LogP contribution < -0.4 is 15.4 Å². The van der Waals surface area contributed by atoms with Crippen LogP contribution in [0.4, 0.5) is 5.69 Å². The van der Waals surface area contributed by atoms with E-state index in [-0.39, 0.29) is 5.91 Å². The quantitative estimate of drug-likeness (QED) is 0.591. The summed E-state index contributed by atoms with van der Waals surface area (Å²) in [6, 6.07) is 5.29. The number of halogens is 2. The monoisotopic (exact) mass is 389 g/mol. The van der Waals surface area contributed by atoms with Crippen molar-refractivity contribution in [2.45, 2.75) is 26.3 Å². The number of carbonyl (C=O) groups is 1. The highest BCUT2D eigenvalue weighted by Crippen LogP contribution is 2.30. The molecule has 0 heterocycles. The molecule has 2 N–H and O–H groups in total. The summed E-state index contributed by atoms with van der Waals surface area (Å²) in [5, 5.41) is 0. The van der Waals surface area contributed by atoms with Gasteiger partial charge in [-0.3, -0.25) is 4.79 Å². The van der Waals surface area contributed by atoms with Crippen molar-refractivity contribution in [1.82, 2.24) is 4.90 Å². The summed E-state index contributed by atoms with van der Waals surface area (Å²) in [6.07, 6.45) is 0.474. The summed E-state index contributed by atoms with van der Waals surface area (Å²) in [5.74, 6) is 1.71. The molecule has 0 aliphatic heterocycles. The van der Waals surface area contributed by atoms with Crippen LogP contribution in [0.1, 0.15) is 19.4 Å². The minimum absolute atomic E-state index is 0.0271. The van der Waals surface area contributed by atoms with E-state index in [1.165, 1.54) is 0 Å². The van der Waals surface area contributed by atoms with Gasteiger partial charge in [0.1, 0.15) is 5.75 Å². The minimum Gasteiger partial charge on any atom is -0.495 e. The molecule has 0 aliphatic rings. The molecular formula is C18H29Cl2N3O2. The third kappa shape index (κ3) is 6.24. The summed E-state index contributed by atoms with van der Waals surface area (Å²) in [4.78, 5) is 16.2. The molecule has 1 amide bonds. The van der Waals surface area contributed by atoms with Crippen LogP contribution >= 0.6 is 23.2 Å². The molecule has 0 fully saturated rings. The lowest BCUT2D eigenvalue weighted by Gasteiger charge is -2.26. The number of hydrogen-bond acceptors (Lipinski definition) is 4. The van der Waals surface area contributed by atoms with Crippen molar-refractivity contribution in [1.29, 1.82) is 0 Å². The summed E-state index contributed by atoms with van der Waals surface area (Å²) in [5.41, 5.74) is 8.04.